The van der Waals surface area contributed by atoms with E-state index in [9.17, 15) is 14.9 Å². The van der Waals surface area contributed by atoms with Gasteiger partial charge in [-0.25, -0.2) is 0 Å². The lowest BCUT2D eigenvalue weighted by Gasteiger charge is -2.70. The highest BCUT2D eigenvalue weighted by Crippen LogP contribution is 2.82. The van der Waals surface area contributed by atoms with Crippen LogP contribution in [-0.2, 0) is 28.5 Å². The fourth-order valence-electron chi connectivity index (χ4n) is 10.2. The largest absolute Gasteiger partial charge is 0.468 e. The van der Waals surface area contributed by atoms with Gasteiger partial charge in [0.15, 0.2) is 5.79 Å². The number of hydrogen-bond donors (Lipinski definition) is 0. The van der Waals surface area contributed by atoms with Gasteiger partial charge in [0.1, 0.15) is 6.10 Å². The molecule has 0 bridgehead atoms. The van der Waals surface area contributed by atoms with Crippen LogP contribution in [0.2, 0.25) is 0 Å². The number of ether oxygens (including phenoxy) is 4. The van der Waals surface area contributed by atoms with Crippen molar-refractivity contribution in [1.82, 2.24) is 0 Å². The van der Waals surface area contributed by atoms with E-state index >= 15 is 0 Å². The number of rotatable bonds is 4. The predicted octanol–water partition coefficient (Wildman–Crippen LogP) is 4.94. The fraction of sp³-hybridized carbons (Fsp3) is 0.828. The van der Waals surface area contributed by atoms with Crippen LogP contribution in [0.3, 0.4) is 0 Å². The van der Waals surface area contributed by atoms with E-state index in [1.54, 1.807) is 0 Å². The van der Waals surface area contributed by atoms with E-state index in [0.717, 1.165) is 51.4 Å². The third-order valence-corrected chi connectivity index (χ3v) is 11.9. The van der Waals surface area contributed by atoms with E-state index in [2.05, 4.69) is 26.0 Å². The van der Waals surface area contributed by atoms with Crippen molar-refractivity contribution in [3.8, 4) is 6.07 Å². The van der Waals surface area contributed by atoms with Gasteiger partial charge in [0.05, 0.1) is 13.2 Å². The molecule has 0 aromatic rings. The number of nitriles is 1. The topological polar surface area (TPSA) is 94.9 Å². The predicted molar refractivity (Wildman–Crippen MR) is 131 cm³/mol. The summed E-state index contributed by atoms with van der Waals surface area (Å²) in [4.78, 5) is 25.0. The molecule has 36 heavy (non-hydrogen) atoms. The summed E-state index contributed by atoms with van der Waals surface area (Å²) in [5, 5.41) is 10.6. The molecule has 0 amide bonds. The molecular formula is C29H41NO6. The molecule has 4 saturated carbocycles. The Morgan fingerprint density at radius 1 is 1.03 bits per heavy atom. The van der Waals surface area contributed by atoms with Gasteiger partial charge in [-0.3, -0.25) is 9.59 Å². The van der Waals surface area contributed by atoms with E-state index in [0.29, 0.717) is 24.2 Å². The lowest BCUT2D eigenvalue weighted by atomic mass is 9.35. The van der Waals surface area contributed by atoms with Crippen molar-refractivity contribution < 1.29 is 28.5 Å². The Morgan fingerprint density at radius 3 is 2.33 bits per heavy atom. The summed E-state index contributed by atoms with van der Waals surface area (Å²) in [6.45, 7) is 6.24. The van der Waals surface area contributed by atoms with E-state index in [1.807, 2.05) is 0 Å². The van der Waals surface area contributed by atoms with Crippen LogP contribution in [0.1, 0.15) is 78.6 Å². The molecule has 0 radical (unpaired) electrons. The first kappa shape index (κ1) is 25.7. The molecule has 1 spiro atoms. The fourth-order valence-corrected chi connectivity index (χ4v) is 10.2. The van der Waals surface area contributed by atoms with Crippen LogP contribution in [-0.4, -0.2) is 45.2 Å². The van der Waals surface area contributed by atoms with Crippen molar-refractivity contribution >= 4 is 11.9 Å². The molecule has 5 aliphatic carbocycles. The van der Waals surface area contributed by atoms with E-state index in [-0.39, 0.29) is 22.9 Å². The number of allylic oxidation sites excluding steroid dienone is 1. The van der Waals surface area contributed by atoms with Gasteiger partial charge in [-0.05, 0) is 73.5 Å². The lowest BCUT2D eigenvalue weighted by molar-refractivity contribution is -0.383. The molecule has 0 aromatic carbocycles. The highest BCUT2D eigenvalue weighted by atomic mass is 16.7. The highest BCUT2D eigenvalue weighted by Gasteiger charge is 2.87. The summed E-state index contributed by atoms with van der Waals surface area (Å²) < 4.78 is 22.5. The van der Waals surface area contributed by atoms with Crippen LogP contribution in [0.5, 0.6) is 0 Å². The SMILES string of the molecule is COC(=O)C1(C#N)C(OC)(OC)C[C@@]12CC[C@H]1[C@@H]3CC=C4C[C@@H](OC(C)=O)CC[C@]4(C)[C@H]3CC[C@@]12C. The van der Waals surface area contributed by atoms with Crippen molar-refractivity contribution in [3.63, 3.8) is 0 Å². The summed E-state index contributed by atoms with van der Waals surface area (Å²) in [7, 11) is 4.41. The maximum atomic E-state index is 13.4. The van der Waals surface area contributed by atoms with Gasteiger partial charge in [0.2, 0.25) is 5.41 Å². The molecule has 4 fully saturated rings. The Bertz CT molecular complexity index is 1030. The number of hydrogen-bond acceptors (Lipinski definition) is 7. The van der Waals surface area contributed by atoms with E-state index in [4.69, 9.17) is 18.9 Å². The number of nitrogens with zero attached hydrogens (tertiary/aromatic N) is 1. The second-order valence-corrected chi connectivity index (χ2v) is 12.5. The first-order valence-electron chi connectivity index (χ1n) is 13.5. The summed E-state index contributed by atoms with van der Waals surface area (Å²) >= 11 is 0. The van der Waals surface area contributed by atoms with Gasteiger partial charge < -0.3 is 18.9 Å². The monoisotopic (exact) mass is 499 g/mol. The second-order valence-electron chi connectivity index (χ2n) is 12.5. The number of esters is 2. The van der Waals surface area contributed by atoms with Gasteiger partial charge in [0.25, 0.3) is 0 Å². The third-order valence-electron chi connectivity index (χ3n) is 11.9. The van der Waals surface area contributed by atoms with Crippen LogP contribution in [0.15, 0.2) is 11.6 Å². The first-order chi connectivity index (χ1) is 17.0. The minimum Gasteiger partial charge on any atom is -0.468 e. The van der Waals surface area contributed by atoms with Crippen molar-refractivity contribution in [1.29, 1.82) is 5.26 Å². The molecule has 7 heteroatoms. The minimum atomic E-state index is -1.49. The summed E-state index contributed by atoms with van der Waals surface area (Å²) in [5.74, 6) is -0.529. The van der Waals surface area contributed by atoms with Crippen LogP contribution in [0, 0.1) is 50.7 Å². The zero-order valence-corrected chi connectivity index (χ0v) is 22.6. The van der Waals surface area contributed by atoms with Crippen molar-refractivity contribution in [2.45, 2.75) is 90.4 Å². The molecule has 5 rings (SSSR count). The Labute approximate surface area is 214 Å². The number of carbonyl (C=O) groups excluding carboxylic acids is 2. The zero-order chi connectivity index (χ0) is 26.1. The molecule has 0 saturated heterocycles. The van der Waals surface area contributed by atoms with Crippen molar-refractivity contribution in [2.75, 3.05) is 21.3 Å². The molecule has 198 valence electrons. The van der Waals surface area contributed by atoms with Crippen LogP contribution >= 0.6 is 0 Å². The second kappa shape index (κ2) is 8.30. The minimum absolute atomic E-state index is 0.00975. The molecule has 8 atom stereocenters. The standard InChI is InChI=1S/C29H41NO6/c1-18(31)36-20-9-12-25(2)19(15-20)7-8-21-22(25)10-13-26(3)23(21)11-14-27(26)16-29(34-5,35-6)28(27,17-30)24(32)33-4/h7,20-23H,8-16H2,1-6H3/t20-,21+,22-,23-,25-,26-,27+,28?/m0/s1. The third kappa shape index (κ3) is 2.81. The Morgan fingerprint density at radius 2 is 1.72 bits per heavy atom. The van der Waals surface area contributed by atoms with Gasteiger partial charge in [-0.2, -0.15) is 5.26 Å². The quantitative estimate of drug-likeness (QED) is 0.307. The maximum Gasteiger partial charge on any atom is 0.332 e. The van der Waals surface area contributed by atoms with Crippen LogP contribution < -0.4 is 0 Å². The maximum absolute atomic E-state index is 13.4. The first-order valence-corrected chi connectivity index (χ1v) is 13.5. The summed E-state index contributed by atoms with van der Waals surface area (Å²) in [5.41, 5.74) is -0.638. The van der Waals surface area contributed by atoms with Crippen LogP contribution in [0.25, 0.3) is 0 Å². The number of methoxy groups -OCH3 is 3. The zero-order valence-electron chi connectivity index (χ0n) is 22.6. The molecule has 0 aromatic heterocycles. The number of fused-ring (bicyclic) bond motifs is 6. The highest BCUT2D eigenvalue weighted by molar-refractivity contribution is 5.85. The average Bonchev–Trinajstić information content (AvgIpc) is 3.16. The Balaban J connectivity index is 1.50. The molecular weight excluding hydrogens is 458 g/mol. The number of carbonyl (C=O) groups is 2. The molecule has 0 aliphatic heterocycles. The van der Waals surface area contributed by atoms with Gasteiger partial charge in [0, 0.05) is 39.4 Å². The van der Waals surface area contributed by atoms with Crippen molar-refractivity contribution in [2.24, 2.45) is 39.4 Å². The van der Waals surface area contributed by atoms with E-state index < -0.39 is 22.6 Å². The van der Waals surface area contributed by atoms with Gasteiger partial charge in [-0.1, -0.05) is 25.5 Å². The van der Waals surface area contributed by atoms with Crippen molar-refractivity contribution in [3.05, 3.63) is 11.6 Å². The normalized spacial score (nSPS) is 46.3. The Hall–Kier alpha value is -1.91. The van der Waals surface area contributed by atoms with Gasteiger partial charge in [-0.15, -0.1) is 0 Å². The molecule has 7 nitrogen and oxygen atoms in total. The summed E-state index contributed by atoms with van der Waals surface area (Å²) in [6, 6.07) is 2.42. The lowest BCUT2D eigenvalue weighted by Crippen LogP contribution is -2.78. The molecule has 0 N–H and O–H groups in total. The summed E-state index contributed by atoms with van der Waals surface area (Å²) in [6.07, 6.45) is 10.6. The molecule has 5 aliphatic rings. The Kier molecular flexibility index (Phi) is 5.93. The van der Waals surface area contributed by atoms with Gasteiger partial charge >= 0.3 is 11.9 Å². The van der Waals surface area contributed by atoms with Crippen LogP contribution in [0.4, 0.5) is 0 Å². The molecule has 1 unspecified atom stereocenters. The smallest absolute Gasteiger partial charge is 0.332 e. The van der Waals surface area contributed by atoms with E-state index in [1.165, 1.54) is 33.8 Å². The molecule has 0 heterocycles. The average molecular weight is 500 g/mol.